The Hall–Kier alpha value is -1.44. The van der Waals surface area contributed by atoms with Gasteiger partial charge in [-0.25, -0.2) is 0 Å². The summed E-state index contributed by atoms with van der Waals surface area (Å²) >= 11 is 19.9. The van der Waals surface area contributed by atoms with Gasteiger partial charge in [0.2, 0.25) is 11.8 Å². The molecular formula is C22H24Cl3N3O2S. The van der Waals surface area contributed by atoms with Crippen molar-refractivity contribution in [3.8, 4) is 0 Å². The van der Waals surface area contributed by atoms with E-state index in [0.29, 0.717) is 46.1 Å². The highest BCUT2D eigenvalue weighted by atomic mass is 35.5. The van der Waals surface area contributed by atoms with Crippen LogP contribution in [0, 0.1) is 6.92 Å². The van der Waals surface area contributed by atoms with Gasteiger partial charge in [0.1, 0.15) is 0 Å². The summed E-state index contributed by atoms with van der Waals surface area (Å²) in [6.45, 7) is 4.85. The highest BCUT2D eigenvalue weighted by Crippen LogP contribution is 2.32. The molecule has 2 aromatic rings. The Bertz CT molecular complexity index is 958. The molecule has 1 heterocycles. The summed E-state index contributed by atoms with van der Waals surface area (Å²) in [4.78, 5) is 29.9. The Kier molecular flexibility index (Phi) is 8.93. The molecule has 2 aromatic carbocycles. The van der Waals surface area contributed by atoms with E-state index in [1.165, 1.54) is 11.8 Å². The Morgan fingerprint density at radius 1 is 1.00 bits per heavy atom. The van der Waals surface area contributed by atoms with E-state index in [2.05, 4.69) is 10.2 Å². The molecule has 0 aliphatic carbocycles. The standard InChI is InChI=1S/C22H24Cl3N3O2S/c1-15-11-20(18(25)12-17(15)24)31-14-22(30)28-8-4-7-27(9-10-28)13-21(29)26-19-6-3-2-5-16(19)23/h2-3,5-6,11-12H,4,7-10,13-14H2,1H3,(H,26,29). The smallest absolute Gasteiger partial charge is 0.238 e. The van der Waals surface area contributed by atoms with Gasteiger partial charge in [0.15, 0.2) is 0 Å². The zero-order valence-corrected chi connectivity index (χ0v) is 20.3. The SMILES string of the molecule is Cc1cc(SCC(=O)N2CCCN(CC(=O)Nc3ccccc3Cl)CC2)c(Cl)cc1Cl. The van der Waals surface area contributed by atoms with Gasteiger partial charge >= 0.3 is 0 Å². The summed E-state index contributed by atoms with van der Waals surface area (Å²) in [7, 11) is 0. The molecule has 1 N–H and O–H groups in total. The van der Waals surface area contributed by atoms with Crippen LogP contribution in [0.3, 0.4) is 0 Å². The Morgan fingerprint density at radius 3 is 2.55 bits per heavy atom. The number of rotatable bonds is 6. The lowest BCUT2D eigenvalue weighted by atomic mass is 10.2. The number of hydrogen-bond acceptors (Lipinski definition) is 4. The van der Waals surface area contributed by atoms with Crippen LogP contribution in [-0.4, -0.2) is 60.1 Å². The first-order chi connectivity index (χ1) is 14.8. The van der Waals surface area contributed by atoms with Crippen molar-refractivity contribution < 1.29 is 9.59 Å². The largest absolute Gasteiger partial charge is 0.341 e. The number of carbonyl (C=O) groups is 2. The van der Waals surface area contributed by atoms with Crippen molar-refractivity contribution in [2.24, 2.45) is 0 Å². The molecule has 0 spiro atoms. The van der Waals surface area contributed by atoms with E-state index in [4.69, 9.17) is 34.8 Å². The Balaban J connectivity index is 1.48. The second-order valence-corrected chi connectivity index (χ2v) is 9.60. The number of amides is 2. The molecule has 0 atom stereocenters. The molecule has 0 unspecified atom stereocenters. The zero-order valence-electron chi connectivity index (χ0n) is 17.2. The fourth-order valence-electron chi connectivity index (χ4n) is 3.31. The molecule has 0 saturated carbocycles. The fraction of sp³-hybridized carbons (Fsp3) is 0.364. The monoisotopic (exact) mass is 499 g/mol. The van der Waals surface area contributed by atoms with Crippen molar-refractivity contribution in [3.05, 3.63) is 57.0 Å². The third kappa shape index (κ3) is 7.02. The highest BCUT2D eigenvalue weighted by Gasteiger charge is 2.21. The lowest BCUT2D eigenvalue weighted by Crippen LogP contribution is -2.38. The second kappa shape index (κ2) is 11.4. The first kappa shape index (κ1) is 24.2. The quantitative estimate of drug-likeness (QED) is 0.553. The molecule has 166 valence electrons. The van der Waals surface area contributed by atoms with Crippen LogP contribution in [0.15, 0.2) is 41.3 Å². The molecule has 1 aliphatic rings. The number of benzene rings is 2. The number of nitrogens with one attached hydrogen (secondary N) is 1. The summed E-state index contributed by atoms with van der Waals surface area (Å²) in [5.74, 6) is 0.264. The maximum atomic E-state index is 12.7. The average molecular weight is 501 g/mol. The molecule has 5 nitrogen and oxygen atoms in total. The zero-order chi connectivity index (χ0) is 22.4. The number of anilines is 1. The Morgan fingerprint density at radius 2 is 1.77 bits per heavy atom. The number of hydrogen-bond donors (Lipinski definition) is 1. The summed E-state index contributed by atoms with van der Waals surface area (Å²) in [5.41, 5.74) is 1.54. The summed E-state index contributed by atoms with van der Waals surface area (Å²) in [6.07, 6.45) is 0.816. The summed E-state index contributed by atoms with van der Waals surface area (Å²) in [5, 5.41) is 4.53. The van der Waals surface area contributed by atoms with Crippen molar-refractivity contribution >= 4 is 64.1 Å². The van der Waals surface area contributed by atoms with Gasteiger partial charge in [-0.05, 0) is 43.2 Å². The van der Waals surface area contributed by atoms with E-state index in [1.807, 2.05) is 30.0 Å². The van der Waals surface area contributed by atoms with Crippen LogP contribution in [0.25, 0.3) is 0 Å². The van der Waals surface area contributed by atoms with Crippen molar-refractivity contribution in [2.75, 3.05) is 43.8 Å². The maximum absolute atomic E-state index is 12.7. The highest BCUT2D eigenvalue weighted by molar-refractivity contribution is 8.00. The van der Waals surface area contributed by atoms with E-state index < -0.39 is 0 Å². The molecule has 1 fully saturated rings. The number of aryl methyl sites for hydroxylation is 1. The number of nitrogens with zero attached hydrogens (tertiary/aromatic N) is 2. The molecule has 9 heteroatoms. The molecule has 31 heavy (non-hydrogen) atoms. The van der Waals surface area contributed by atoms with Crippen LogP contribution in [0.1, 0.15) is 12.0 Å². The van der Waals surface area contributed by atoms with E-state index in [1.54, 1.807) is 18.2 Å². The molecule has 0 aromatic heterocycles. The summed E-state index contributed by atoms with van der Waals surface area (Å²) in [6, 6.07) is 10.8. The topological polar surface area (TPSA) is 52.7 Å². The predicted octanol–water partition coefficient (Wildman–Crippen LogP) is 5.22. The van der Waals surface area contributed by atoms with Crippen molar-refractivity contribution in [1.82, 2.24) is 9.80 Å². The molecule has 1 aliphatic heterocycles. The van der Waals surface area contributed by atoms with Crippen molar-refractivity contribution in [1.29, 1.82) is 0 Å². The van der Waals surface area contributed by atoms with Crippen LogP contribution in [0.5, 0.6) is 0 Å². The van der Waals surface area contributed by atoms with E-state index >= 15 is 0 Å². The van der Waals surface area contributed by atoms with Gasteiger partial charge in [0, 0.05) is 36.1 Å². The van der Waals surface area contributed by atoms with Gasteiger partial charge in [0.25, 0.3) is 0 Å². The van der Waals surface area contributed by atoms with Crippen LogP contribution in [0.2, 0.25) is 15.1 Å². The minimum Gasteiger partial charge on any atom is -0.341 e. The molecule has 0 bridgehead atoms. The van der Waals surface area contributed by atoms with Crippen LogP contribution < -0.4 is 5.32 Å². The van der Waals surface area contributed by atoms with E-state index in [9.17, 15) is 9.59 Å². The van der Waals surface area contributed by atoms with Gasteiger partial charge in [-0.15, -0.1) is 11.8 Å². The number of carbonyl (C=O) groups excluding carboxylic acids is 2. The van der Waals surface area contributed by atoms with Crippen molar-refractivity contribution in [2.45, 2.75) is 18.2 Å². The normalized spacial score (nSPS) is 14.9. The first-order valence-electron chi connectivity index (χ1n) is 9.96. The predicted molar refractivity (Wildman–Crippen MR) is 130 cm³/mol. The van der Waals surface area contributed by atoms with Gasteiger partial charge in [-0.2, -0.15) is 0 Å². The minimum absolute atomic E-state index is 0.0658. The van der Waals surface area contributed by atoms with E-state index in [-0.39, 0.29) is 18.4 Å². The van der Waals surface area contributed by atoms with Crippen LogP contribution in [0.4, 0.5) is 5.69 Å². The average Bonchev–Trinajstić information content (AvgIpc) is 2.97. The number of halogens is 3. The molecule has 2 amide bonds. The van der Waals surface area contributed by atoms with Crippen LogP contribution >= 0.6 is 46.6 Å². The molecular weight excluding hydrogens is 477 g/mol. The molecule has 0 radical (unpaired) electrons. The molecule has 1 saturated heterocycles. The lowest BCUT2D eigenvalue weighted by Gasteiger charge is -2.22. The summed E-state index contributed by atoms with van der Waals surface area (Å²) < 4.78 is 0. The van der Waals surface area contributed by atoms with E-state index in [0.717, 1.165) is 23.4 Å². The number of thioether (sulfide) groups is 1. The van der Waals surface area contributed by atoms with Crippen molar-refractivity contribution in [3.63, 3.8) is 0 Å². The lowest BCUT2D eigenvalue weighted by molar-refractivity contribution is -0.128. The van der Waals surface area contributed by atoms with Gasteiger partial charge in [-0.1, -0.05) is 46.9 Å². The third-order valence-corrected chi connectivity index (χ3v) is 7.22. The molecule has 3 rings (SSSR count). The second-order valence-electron chi connectivity index (χ2n) is 7.36. The van der Waals surface area contributed by atoms with Gasteiger partial charge < -0.3 is 10.2 Å². The fourth-order valence-corrected chi connectivity index (χ4v) is 4.95. The Labute approximate surface area is 202 Å². The maximum Gasteiger partial charge on any atom is 0.238 e. The van der Waals surface area contributed by atoms with Gasteiger partial charge in [-0.3, -0.25) is 14.5 Å². The van der Waals surface area contributed by atoms with Gasteiger partial charge in [0.05, 0.1) is 28.0 Å². The van der Waals surface area contributed by atoms with Crippen LogP contribution in [-0.2, 0) is 9.59 Å². The minimum atomic E-state index is -0.115. The number of para-hydroxylation sites is 1. The third-order valence-electron chi connectivity index (χ3n) is 5.02. The first-order valence-corrected chi connectivity index (χ1v) is 12.1.